The molecule has 1 N–H and O–H groups in total. The highest BCUT2D eigenvalue weighted by molar-refractivity contribution is 5.85. The Bertz CT molecular complexity index is 1100. The van der Waals surface area contributed by atoms with E-state index in [0.717, 1.165) is 74.4 Å². The maximum atomic E-state index is 10.9. The SMILES string of the molecule is O=[N+]([O-])c1ccc2c(CCCCN3CCN(c4ccc5c(c4)OCCO5)CC3)c[nH]c2c1. The monoisotopic (exact) mass is 436 g/mol. The summed E-state index contributed by atoms with van der Waals surface area (Å²) >= 11 is 0. The van der Waals surface area contributed by atoms with Crippen LogP contribution in [0.1, 0.15) is 18.4 Å². The van der Waals surface area contributed by atoms with E-state index in [1.807, 2.05) is 18.3 Å². The number of rotatable bonds is 7. The number of fused-ring (bicyclic) bond motifs is 2. The first-order chi connectivity index (χ1) is 15.7. The smallest absolute Gasteiger partial charge is 0.271 e. The molecule has 0 radical (unpaired) electrons. The molecule has 3 heterocycles. The van der Waals surface area contributed by atoms with Gasteiger partial charge in [0, 0.05) is 61.6 Å². The molecule has 2 aliphatic heterocycles. The van der Waals surface area contributed by atoms with Crippen LogP contribution < -0.4 is 14.4 Å². The van der Waals surface area contributed by atoms with E-state index in [1.165, 1.54) is 11.3 Å². The Hall–Kier alpha value is -3.26. The molecule has 1 saturated heterocycles. The Kier molecular flexibility index (Phi) is 5.85. The summed E-state index contributed by atoms with van der Waals surface area (Å²) in [6.45, 7) is 6.48. The molecule has 5 rings (SSSR count). The van der Waals surface area contributed by atoms with E-state index in [1.54, 1.807) is 12.1 Å². The summed E-state index contributed by atoms with van der Waals surface area (Å²) in [6, 6.07) is 11.3. The first-order valence-corrected chi connectivity index (χ1v) is 11.3. The van der Waals surface area contributed by atoms with Crippen molar-refractivity contribution in [3.05, 3.63) is 58.3 Å². The van der Waals surface area contributed by atoms with E-state index in [2.05, 4.69) is 26.9 Å². The van der Waals surface area contributed by atoms with Crippen LogP contribution in [0.15, 0.2) is 42.6 Å². The van der Waals surface area contributed by atoms with Crippen molar-refractivity contribution in [2.45, 2.75) is 19.3 Å². The molecule has 168 valence electrons. The molecule has 0 spiro atoms. The van der Waals surface area contributed by atoms with Crippen molar-refractivity contribution in [1.29, 1.82) is 0 Å². The number of aromatic amines is 1. The summed E-state index contributed by atoms with van der Waals surface area (Å²) < 4.78 is 11.3. The number of piperazine rings is 1. The molecular formula is C24H28N4O4. The topological polar surface area (TPSA) is 83.9 Å². The molecule has 0 atom stereocenters. The number of H-pyrrole nitrogens is 1. The molecule has 1 aromatic heterocycles. The van der Waals surface area contributed by atoms with Gasteiger partial charge in [0.2, 0.25) is 0 Å². The molecule has 0 amide bonds. The second kappa shape index (κ2) is 9.08. The number of nitro benzene ring substituents is 1. The van der Waals surface area contributed by atoms with Crippen molar-refractivity contribution in [3.63, 3.8) is 0 Å². The number of non-ortho nitro benzene ring substituents is 1. The lowest BCUT2D eigenvalue weighted by atomic mass is 10.1. The molecule has 2 aliphatic rings. The second-order valence-electron chi connectivity index (χ2n) is 8.41. The molecule has 0 saturated carbocycles. The number of hydrogen-bond acceptors (Lipinski definition) is 6. The van der Waals surface area contributed by atoms with Crippen molar-refractivity contribution in [3.8, 4) is 11.5 Å². The van der Waals surface area contributed by atoms with Crippen LogP contribution in [0.5, 0.6) is 11.5 Å². The van der Waals surface area contributed by atoms with Crippen LogP contribution in [-0.2, 0) is 6.42 Å². The zero-order chi connectivity index (χ0) is 21.9. The van der Waals surface area contributed by atoms with Crippen LogP contribution >= 0.6 is 0 Å². The lowest BCUT2D eigenvalue weighted by Crippen LogP contribution is -2.46. The summed E-state index contributed by atoms with van der Waals surface area (Å²) in [5, 5.41) is 12.0. The lowest BCUT2D eigenvalue weighted by Gasteiger charge is -2.36. The van der Waals surface area contributed by atoms with Gasteiger partial charge in [0.25, 0.3) is 5.69 Å². The number of aromatic nitrogens is 1. The van der Waals surface area contributed by atoms with Crippen LogP contribution in [0.3, 0.4) is 0 Å². The zero-order valence-corrected chi connectivity index (χ0v) is 18.1. The second-order valence-corrected chi connectivity index (χ2v) is 8.41. The maximum Gasteiger partial charge on any atom is 0.271 e. The van der Waals surface area contributed by atoms with Crippen LogP contribution in [0.4, 0.5) is 11.4 Å². The predicted molar refractivity (Wildman–Crippen MR) is 124 cm³/mol. The largest absolute Gasteiger partial charge is 0.486 e. The van der Waals surface area contributed by atoms with E-state index >= 15 is 0 Å². The van der Waals surface area contributed by atoms with Gasteiger partial charge in [-0.05, 0) is 49.6 Å². The van der Waals surface area contributed by atoms with Gasteiger partial charge in [-0.25, -0.2) is 0 Å². The van der Waals surface area contributed by atoms with Gasteiger partial charge in [0.1, 0.15) is 13.2 Å². The minimum atomic E-state index is -0.354. The van der Waals surface area contributed by atoms with E-state index < -0.39 is 0 Å². The summed E-state index contributed by atoms with van der Waals surface area (Å²) in [4.78, 5) is 18.7. The molecular weight excluding hydrogens is 408 g/mol. The maximum absolute atomic E-state index is 10.9. The van der Waals surface area contributed by atoms with Gasteiger partial charge in [0.15, 0.2) is 11.5 Å². The van der Waals surface area contributed by atoms with E-state index in [-0.39, 0.29) is 10.6 Å². The molecule has 0 aliphatic carbocycles. The Morgan fingerprint density at radius 2 is 1.78 bits per heavy atom. The van der Waals surface area contributed by atoms with Gasteiger partial charge in [-0.15, -0.1) is 0 Å². The first kappa shape index (κ1) is 20.6. The molecule has 8 heteroatoms. The summed E-state index contributed by atoms with van der Waals surface area (Å²) in [7, 11) is 0. The van der Waals surface area contributed by atoms with E-state index in [9.17, 15) is 10.1 Å². The number of anilines is 1. The van der Waals surface area contributed by atoms with Gasteiger partial charge in [-0.3, -0.25) is 15.0 Å². The molecule has 1 fully saturated rings. The summed E-state index contributed by atoms with van der Waals surface area (Å²) in [5.41, 5.74) is 3.40. The molecule has 32 heavy (non-hydrogen) atoms. The van der Waals surface area contributed by atoms with Gasteiger partial charge in [0.05, 0.1) is 10.4 Å². The lowest BCUT2D eigenvalue weighted by molar-refractivity contribution is -0.384. The molecule has 2 aromatic carbocycles. The number of nitro groups is 1. The van der Waals surface area contributed by atoms with Gasteiger partial charge < -0.3 is 19.4 Å². The number of benzene rings is 2. The fraction of sp³-hybridized carbons (Fsp3) is 0.417. The first-order valence-electron chi connectivity index (χ1n) is 11.3. The fourth-order valence-electron chi connectivity index (χ4n) is 4.60. The third-order valence-electron chi connectivity index (χ3n) is 6.40. The third kappa shape index (κ3) is 4.36. The molecule has 0 bridgehead atoms. The Morgan fingerprint density at radius 3 is 2.59 bits per heavy atom. The standard InChI is InChI=1S/C24H28N4O4/c29-28(30)20-4-6-21-18(17-25-22(21)15-20)3-1-2-8-26-9-11-27(12-10-26)19-5-7-23-24(16-19)32-14-13-31-23/h4-7,15-17,25H,1-3,8-14H2. The van der Waals surface area contributed by atoms with Crippen molar-refractivity contribution in [2.24, 2.45) is 0 Å². The Morgan fingerprint density at radius 1 is 0.969 bits per heavy atom. The Balaban J connectivity index is 1.08. The minimum absolute atomic E-state index is 0.126. The average molecular weight is 437 g/mol. The zero-order valence-electron chi connectivity index (χ0n) is 18.1. The van der Waals surface area contributed by atoms with Crippen molar-refractivity contribution >= 4 is 22.3 Å². The summed E-state index contributed by atoms with van der Waals surface area (Å²) in [5.74, 6) is 1.69. The summed E-state index contributed by atoms with van der Waals surface area (Å²) in [6.07, 6.45) is 5.21. The van der Waals surface area contributed by atoms with Crippen LogP contribution in [0.2, 0.25) is 0 Å². The highest BCUT2D eigenvalue weighted by atomic mass is 16.6. The van der Waals surface area contributed by atoms with Gasteiger partial charge in [-0.1, -0.05) is 0 Å². The number of unbranched alkanes of at least 4 members (excludes halogenated alkanes) is 1. The average Bonchev–Trinajstić information content (AvgIpc) is 3.24. The van der Waals surface area contributed by atoms with Crippen LogP contribution in [0.25, 0.3) is 10.9 Å². The van der Waals surface area contributed by atoms with Gasteiger partial charge >= 0.3 is 0 Å². The number of nitrogens with zero attached hydrogens (tertiary/aromatic N) is 3. The third-order valence-corrected chi connectivity index (χ3v) is 6.40. The number of aryl methyl sites for hydroxylation is 1. The Labute approximate surface area is 186 Å². The molecule has 0 unspecified atom stereocenters. The predicted octanol–water partition coefficient (Wildman–Crippen LogP) is 3.99. The highest BCUT2D eigenvalue weighted by Crippen LogP contribution is 2.34. The fourth-order valence-corrected chi connectivity index (χ4v) is 4.60. The molecule has 8 nitrogen and oxygen atoms in total. The van der Waals surface area contributed by atoms with Crippen LogP contribution in [-0.4, -0.2) is 60.7 Å². The van der Waals surface area contributed by atoms with Crippen molar-refractivity contribution in [2.75, 3.05) is 50.8 Å². The minimum Gasteiger partial charge on any atom is -0.486 e. The van der Waals surface area contributed by atoms with E-state index in [4.69, 9.17) is 9.47 Å². The van der Waals surface area contributed by atoms with E-state index in [0.29, 0.717) is 13.2 Å². The highest BCUT2D eigenvalue weighted by Gasteiger charge is 2.19. The number of nitrogens with one attached hydrogen (secondary N) is 1. The van der Waals surface area contributed by atoms with Crippen molar-refractivity contribution < 1.29 is 14.4 Å². The number of hydrogen-bond donors (Lipinski definition) is 1. The number of ether oxygens (including phenoxy) is 2. The quantitative estimate of drug-likeness (QED) is 0.343. The van der Waals surface area contributed by atoms with Crippen LogP contribution in [0, 0.1) is 10.1 Å². The molecule has 3 aromatic rings. The normalized spacial score (nSPS) is 16.4. The van der Waals surface area contributed by atoms with Gasteiger partial charge in [-0.2, -0.15) is 0 Å². The van der Waals surface area contributed by atoms with Crippen molar-refractivity contribution in [1.82, 2.24) is 9.88 Å².